The summed E-state index contributed by atoms with van der Waals surface area (Å²) in [5.41, 5.74) is 0.529. The van der Waals surface area contributed by atoms with Crippen molar-refractivity contribution in [2.75, 3.05) is 0 Å². The van der Waals surface area contributed by atoms with E-state index in [-0.39, 0.29) is 5.75 Å². The molecule has 0 saturated carbocycles. The molecule has 10 heteroatoms. The van der Waals surface area contributed by atoms with Gasteiger partial charge in [-0.15, -0.1) is 0 Å². The molecule has 108 valence electrons. The van der Waals surface area contributed by atoms with Gasteiger partial charge >= 0.3 is 21.3 Å². The second kappa shape index (κ2) is 6.72. The molecule has 1 aromatic carbocycles. The molecule has 2 rings (SSSR count). The minimum Gasteiger partial charge on any atom is -0.435 e. The summed E-state index contributed by atoms with van der Waals surface area (Å²) in [6.07, 6.45) is 0. The number of hydrogen-bond donors (Lipinski definition) is 0. The highest BCUT2D eigenvalue weighted by molar-refractivity contribution is 9.11. The minimum atomic E-state index is -2.91. The molecule has 0 N–H and O–H groups in total. The first kappa shape index (κ1) is 15.5. The van der Waals surface area contributed by atoms with Gasteiger partial charge < -0.3 is 4.74 Å². The molecule has 0 aliphatic rings. The molecule has 0 aliphatic carbocycles. The fourth-order valence-electron chi connectivity index (χ4n) is 1.34. The summed E-state index contributed by atoms with van der Waals surface area (Å²) in [7, 11) is -0.591. The van der Waals surface area contributed by atoms with Crippen molar-refractivity contribution in [1.82, 2.24) is 10.2 Å². The number of hydrogen-bond acceptors (Lipinski definition) is 4. The maximum atomic E-state index is 12.5. The molecule has 1 aromatic heterocycles. The lowest BCUT2D eigenvalue weighted by atomic mass is 10.2. The zero-order valence-electron chi connectivity index (χ0n) is 9.47. The van der Waals surface area contributed by atoms with Gasteiger partial charge in [0.25, 0.3) is 0 Å². The predicted molar refractivity (Wildman–Crippen MR) is 73.3 cm³/mol. The van der Waals surface area contributed by atoms with E-state index in [1.807, 2.05) is 0 Å². The van der Waals surface area contributed by atoms with E-state index in [9.17, 15) is 17.6 Å². The molecule has 1 heterocycles. The summed E-state index contributed by atoms with van der Waals surface area (Å²) in [6.45, 7) is -2.91. The van der Waals surface area contributed by atoms with Crippen molar-refractivity contribution in [3.8, 4) is 16.3 Å². The van der Waals surface area contributed by atoms with Crippen molar-refractivity contribution in [3.63, 3.8) is 0 Å². The van der Waals surface area contributed by atoms with Gasteiger partial charge in [-0.3, -0.25) is 0 Å². The third kappa shape index (κ3) is 3.83. The Morgan fingerprint density at radius 2 is 1.75 bits per heavy atom. The van der Waals surface area contributed by atoms with Crippen molar-refractivity contribution in [3.05, 3.63) is 28.2 Å². The SMILES string of the molecule is FC(F)Oc1ccc(-c2nnc(Br)[s+]2SC(F)F)cc1. The fraction of sp³-hybridized carbons (Fsp3) is 0.200. The molecule has 3 nitrogen and oxygen atoms in total. The number of nitrogens with zero attached hydrogens (tertiary/aromatic N) is 2. The van der Waals surface area contributed by atoms with E-state index >= 15 is 0 Å². The zero-order valence-corrected chi connectivity index (χ0v) is 12.7. The van der Waals surface area contributed by atoms with Gasteiger partial charge in [-0.25, -0.2) is 0 Å². The standard InChI is InChI=1S/C10H6BrF4N2OS2/c11-8-17-16-7(20(8)19-10(14)15)5-1-3-6(4-2-5)18-9(12)13/h1-4,9-10H/q+1. The number of rotatable bonds is 5. The lowest BCUT2D eigenvalue weighted by Gasteiger charge is -2.03. The number of alkyl halides is 4. The summed E-state index contributed by atoms with van der Waals surface area (Å²) in [6, 6.07) is 5.60. The van der Waals surface area contributed by atoms with E-state index in [2.05, 4.69) is 30.9 Å². The molecule has 0 aliphatic heterocycles. The van der Waals surface area contributed by atoms with E-state index < -0.39 is 21.9 Å². The van der Waals surface area contributed by atoms with E-state index in [0.29, 0.717) is 25.3 Å². The van der Waals surface area contributed by atoms with Gasteiger partial charge in [0.05, 0.1) is 5.56 Å². The first-order valence-electron chi connectivity index (χ1n) is 5.03. The number of halogens is 5. The molecular weight excluding hydrogens is 384 g/mol. The van der Waals surface area contributed by atoms with Crippen LogP contribution in [0.1, 0.15) is 0 Å². The first-order chi connectivity index (χ1) is 9.47. The Morgan fingerprint density at radius 1 is 1.10 bits per heavy atom. The van der Waals surface area contributed by atoms with Gasteiger partial charge in [-0.2, -0.15) is 17.6 Å². The smallest absolute Gasteiger partial charge is 0.387 e. The Morgan fingerprint density at radius 3 is 2.30 bits per heavy atom. The molecule has 20 heavy (non-hydrogen) atoms. The predicted octanol–water partition coefficient (Wildman–Crippen LogP) is 4.98. The van der Waals surface area contributed by atoms with Crippen molar-refractivity contribution in [2.45, 2.75) is 12.4 Å². The van der Waals surface area contributed by atoms with Crippen molar-refractivity contribution < 1.29 is 22.3 Å². The van der Waals surface area contributed by atoms with Crippen LogP contribution in [0.25, 0.3) is 10.6 Å². The van der Waals surface area contributed by atoms with Gasteiger partial charge in [0.1, 0.15) is 15.3 Å². The highest BCUT2D eigenvalue weighted by Crippen LogP contribution is 2.49. The van der Waals surface area contributed by atoms with Crippen LogP contribution < -0.4 is 4.74 Å². The summed E-state index contributed by atoms with van der Waals surface area (Å²) < 4.78 is 53.6. The van der Waals surface area contributed by atoms with Gasteiger partial charge in [0.15, 0.2) is 10.8 Å². The molecule has 1 unspecified atom stereocenters. The number of aromatic nitrogens is 2. The van der Waals surface area contributed by atoms with Crippen LogP contribution >= 0.6 is 36.2 Å². The van der Waals surface area contributed by atoms with Gasteiger partial charge in [0, 0.05) is 15.9 Å². The number of ether oxygens (including phenoxy) is 1. The average Bonchev–Trinajstić information content (AvgIpc) is 2.71. The minimum absolute atomic E-state index is 0.0104. The molecule has 0 radical (unpaired) electrons. The summed E-state index contributed by atoms with van der Waals surface area (Å²) in [5.74, 6) is -2.57. The van der Waals surface area contributed by atoms with Crippen molar-refractivity contribution >= 4 is 36.2 Å². The van der Waals surface area contributed by atoms with Crippen LogP contribution in [-0.4, -0.2) is 22.6 Å². The Balaban J connectivity index is 2.27. The summed E-state index contributed by atoms with van der Waals surface area (Å²) in [4.78, 5) is 0. The molecule has 2 aromatic rings. The van der Waals surface area contributed by atoms with E-state index in [4.69, 9.17) is 0 Å². The summed E-state index contributed by atoms with van der Waals surface area (Å²) in [5, 5.41) is 7.93. The molecule has 0 amide bonds. The van der Waals surface area contributed by atoms with Gasteiger partial charge in [-0.1, -0.05) is 10.2 Å². The monoisotopic (exact) mass is 389 g/mol. The van der Waals surface area contributed by atoms with E-state index in [1.165, 1.54) is 24.3 Å². The molecule has 1 atom stereocenters. The largest absolute Gasteiger partial charge is 0.435 e. The summed E-state index contributed by atoms with van der Waals surface area (Å²) >= 11 is 3.09. The van der Waals surface area contributed by atoms with Crippen LogP contribution in [-0.2, 0) is 0 Å². The Bertz CT molecular complexity index is 579. The van der Waals surface area contributed by atoms with Crippen molar-refractivity contribution in [1.29, 1.82) is 0 Å². The van der Waals surface area contributed by atoms with Crippen LogP contribution in [0, 0.1) is 0 Å². The Hall–Kier alpha value is -0.870. The van der Waals surface area contributed by atoms with Crippen molar-refractivity contribution in [2.24, 2.45) is 0 Å². The first-order valence-corrected chi connectivity index (χ1v) is 8.45. The highest BCUT2D eigenvalue weighted by atomic mass is 79.9. The third-order valence-corrected chi connectivity index (χ3v) is 7.17. The van der Waals surface area contributed by atoms with Gasteiger partial charge in [-0.05, 0) is 24.3 Å². The lowest BCUT2D eigenvalue weighted by molar-refractivity contribution is -0.0498. The maximum absolute atomic E-state index is 12.5. The number of benzene rings is 1. The van der Waals surface area contributed by atoms with E-state index in [1.54, 1.807) is 0 Å². The van der Waals surface area contributed by atoms with Crippen LogP contribution in [0.3, 0.4) is 0 Å². The molecule has 0 spiro atoms. The van der Waals surface area contributed by atoms with E-state index in [0.717, 1.165) is 0 Å². The third-order valence-electron chi connectivity index (χ3n) is 2.04. The topological polar surface area (TPSA) is 35.0 Å². The Kier molecular flexibility index (Phi) is 5.22. The van der Waals surface area contributed by atoms with Crippen LogP contribution in [0.5, 0.6) is 5.75 Å². The molecular formula is C10H6BrF4N2OS2+. The van der Waals surface area contributed by atoms with Crippen LogP contribution in [0.4, 0.5) is 17.6 Å². The molecule has 0 bridgehead atoms. The highest BCUT2D eigenvalue weighted by Gasteiger charge is 2.30. The lowest BCUT2D eigenvalue weighted by Crippen LogP contribution is -2.01. The quantitative estimate of drug-likeness (QED) is 0.410. The second-order valence-electron chi connectivity index (χ2n) is 3.29. The van der Waals surface area contributed by atoms with Crippen LogP contribution in [0.2, 0.25) is 0 Å². The Labute approximate surface area is 125 Å². The van der Waals surface area contributed by atoms with Crippen LogP contribution in [0.15, 0.2) is 28.2 Å². The maximum Gasteiger partial charge on any atom is 0.387 e. The molecule has 0 fully saturated rings. The second-order valence-corrected chi connectivity index (χ2v) is 8.00. The normalized spacial score (nSPS) is 12.2. The van der Waals surface area contributed by atoms with Gasteiger partial charge in [0.2, 0.25) is 0 Å². The molecule has 0 saturated heterocycles. The average molecular weight is 390 g/mol. The zero-order chi connectivity index (χ0) is 14.7. The fourth-order valence-corrected chi connectivity index (χ4v) is 5.06.